The van der Waals surface area contributed by atoms with Crippen molar-refractivity contribution in [1.29, 1.82) is 0 Å². The highest BCUT2D eigenvalue weighted by molar-refractivity contribution is 6.00. The number of hydrogen-bond acceptors (Lipinski definition) is 5. The van der Waals surface area contributed by atoms with Gasteiger partial charge in [0.1, 0.15) is 11.5 Å². The van der Waals surface area contributed by atoms with Crippen molar-refractivity contribution in [3.63, 3.8) is 0 Å². The van der Waals surface area contributed by atoms with Gasteiger partial charge in [-0.15, -0.1) is 12.4 Å². The number of benzene rings is 1. The summed E-state index contributed by atoms with van der Waals surface area (Å²) in [7, 11) is 5.12. The predicted octanol–water partition coefficient (Wildman–Crippen LogP) is 1.94. The predicted molar refractivity (Wildman–Crippen MR) is 110 cm³/mol. The van der Waals surface area contributed by atoms with Gasteiger partial charge in [-0.3, -0.25) is 9.59 Å². The van der Waals surface area contributed by atoms with Gasteiger partial charge in [-0.25, -0.2) is 0 Å². The van der Waals surface area contributed by atoms with Crippen molar-refractivity contribution >= 4 is 29.9 Å². The van der Waals surface area contributed by atoms with Crippen molar-refractivity contribution in [1.82, 2.24) is 10.2 Å². The fourth-order valence-electron chi connectivity index (χ4n) is 3.98. The van der Waals surface area contributed by atoms with E-state index in [2.05, 4.69) is 5.32 Å². The number of anilines is 1. The molecule has 0 radical (unpaired) electrons. The van der Waals surface area contributed by atoms with Crippen LogP contribution in [0.4, 0.5) is 5.69 Å². The Morgan fingerprint density at radius 2 is 1.75 bits per heavy atom. The third kappa shape index (κ3) is 4.89. The Hall–Kier alpha value is -1.99. The van der Waals surface area contributed by atoms with Crippen LogP contribution in [0.2, 0.25) is 0 Å². The van der Waals surface area contributed by atoms with E-state index in [4.69, 9.17) is 9.47 Å². The number of halogens is 1. The normalized spacial score (nSPS) is 20.1. The Balaban J connectivity index is 0.00000280. The average molecular weight is 412 g/mol. The van der Waals surface area contributed by atoms with Crippen LogP contribution in [0, 0.1) is 11.8 Å². The van der Waals surface area contributed by atoms with E-state index in [0.29, 0.717) is 29.6 Å². The minimum Gasteiger partial charge on any atom is -0.497 e. The van der Waals surface area contributed by atoms with E-state index >= 15 is 0 Å². The summed E-state index contributed by atoms with van der Waals surface area (Å²) in [4.78, 5) is 29.1. The lowest BCUT2D eigenvalue weighted by Crippen LogP contribution is -2.43. The largest absolute Gasteiger partial charge is 0.497 e. The number of ether oxygens (including phenoxy) is 2. The fourth-order valence-corrected chi connectivity index (χ4v) is 3.98. The molecule has 0 spiro atoms. The first-order valence-corrected chi connectivity index (χ1v) is 9.52. The van der Waals surface area contributed by atoms with Gasteiger partial charge in [0.05, 0.1) is 25.8 Å². The van der Waals surface area contributed by atoms with Gasteiger partial charge < -0.3 is 24.6 Å². The zero-order valence-electron chi connectivity index (χ0n) is 16.8. The molecule has 0 saturated carbocycles. The van der Waals surface area contributed by atoms with Crippen LogP contribution in [0.15, 0.2) is 18.2 Å². The van der Waals surface area contributed by atoms with Crippen molar-refractivity contribution in [2.75, 3.05) is 52.3 Å². The van der Waals surface area contributed by atoms with Crippen LogP contribution < -0.4 is 19.7 Å². The van der Waals surface area contributed by atoms with E-state index < -0.39 is 0 Å². The average Bonchev–Trinajstić information content (AvgIpc) is 3.09. The first-order valence-electron chi connectivity index (χ1n) is 9.52. The van der Waals surface area contributed by atoms with Crippen LogP contribution in [0.25, 0.3) is 0 Å². The smallest absolute Gasteiger partial charge is 0.228 e. The highest BCUT2D eigenvalue weighted by Crippen LogP contribution is 2.33. The molecule has 0 bridgehead atoms. The number of hydrogen-bond donors (Lipinski definition) is 1. The minimum absolute atomic E-state index is 0. The molecule has 1 unspecified atom stereocenters. The van der Waals surface area contributed by atoms with Crippen molar-refractivity contribution < 1.29 is 19.1 Å². The van der Waals surface area contributed by atoms with Gasteiger partial charge in [0.15, 0.2) is 0 Å². The van der Waals surface area contributed by atoms with Crippen molar-refractivity contribution in [2.45, 2.75) is 19.3 Å². The molecule has 156 valence electrons. The monoisotopic (exact) mass is 411 g/mol. The second kappa shape index (κ2) is 9.98. The number of likely N-dealkylation sites (tertiary alicyclic amines) is 1. The van der Waals surface area contributed by atoms with Crippen LogP contribution in [-0.4, -0.2) is 64.2 Å². The van der Waals surface area contributed by atoms with Crippen molar-refractivity contribution in [2.24, 2.45) is 11.8 Å². The Bertz CT molecular complexity index is 670. The number of piperidine rings is 1. The molecule has 3 rings (SSSR count). The van der Waals surface area contributed by atoms with Gasteiger partial charge in [-0.2, -0.15) is 0 Å². The summed E-state index contributed by atoms with van der Waals surface area (Å²) in [5.41, 5.74) is 0.708. The number of nitrogens with zero attached hydrogens (tertiary/aromatic N) is 2. The first kappa shape index (κ1) is 22.3. The van der Waals surface area contributed by atoms with Crippen LogP contribution in [0.1, 0.15) is 19.3 Å². The number of nitrogens with one attached hydrogen (secondary N) is 1. The molecule has 7 nitrogen and oxygen atoms in total. The zero-order valence-corrected chi connectivity index (χ0v) is 17.6. The summed E-state index contributed by atoms with van der Waals surface area (Å²) < 4.78 is 10.6. The topological polar surface area (TPSA) is 71.1 Å². The molecule has 2 aliphatic rings. The van der Waals surface area contributed by atoms with Crippen LogP contribution >= 0.6 is 12.4 Å². The van der Waals surface area contributed by atoms with Gasteiger partial charge in [0.25, 0.3) is 0 Å². The SMILES string of the molecule is CNCC1CCN(C(=O)C2CC(=O)N(c3cc(OC)cc(OC)c3)C2)CC1.Cl. The molecule has 28 heavy (non-hydrogen) atoms. The number of methoxy groups -OCH3 is 2. The summed E-state index contributed by atoms with van der Waals surface area (Å²) in [6.07, 6.45) is 2.29. The highest BCUT2D eigenvalue weighted by atomic mass is 35.5. The van der Waals surface area contributed by atoms with E-state index in [1.165, 1.54) is 0 Å². The molecule has 2 aliphatic heterocycles. The maximum atomic E-state index is 12.9. The Morgan fingerprint density at radius 3 is 2.29 bits per heavy atom. The number of carbonyl (C=O) groups is 2. The molecule has 0 aromatic heterocycles. The summed E-state index contributed by atoms with van der Waals surface area (Å²) in [6, 6.07) is 5.37. The standard InChI is InChI=1S/C20H29N3O4.ClH/c1-21-12-14-4-6-22(7-5-14)20(25)15-8-19(24)23(13-15)16-9-17(26-2)11-18(10-16)27-3;/h9-11,14-15,21H,4-8,12-13H2,1-3H3;1H. The minimum atomic E-state index is -0.282. The quantitative estimate of drug-likeness (QED) is 0.774. The Morgan fingerprint density at radius 1 is 1.14 bits per heavy atom. The molecule has 1 N–H and O–H groups in total. The zero-order chi connectivity index (χ0) is 19.4. The first-order chi connectivity index (χ1) is 13.0. The lowest BCUT2D eigenvalue weighted by atomic mass is 9.95. The van der Waals surface area contributed by atoms with Crippen LogP contribution in [0.5, 0.6) is 11.5 Å². The molecule has 0 aliphatic carbocycles. The van der Waals surface area contributed by atoms with Crippen molar-refractivity contribution in [3.8, 4) is 11.5 Å². The molecule has 2 heterocycles. The fraction of sp³-hybridized carbons (Fsp3) is 0.600. The van der Waals surface area contributed by atoms with Gasteiger partial charge in [0, 0.05) is 44.3 Å². The summed E-state index contributed by atoms with van der Waals surface area (Å²) >= 11 is 0. The molecular formula is C20H30ClN3O4. The van der Waals surface area contributed by atoms with Gasteiger partial charge >= 0.3 is 0 Å². The van der Waals surface area contributed by atoms with Gasteiger partial charge in [-0.1, -0.05) is 0 Å². The number of rotatable bonds is 6. The molecule has 1 aromatic rings. The maximum absolute atomic E-state index is 12.9. The number of carbonyl (C=O) groups excluding carboxylic acids is 2. The second-order valence-corrected chi connectivity index (χ2v) is 7.30. The maximum Gasteiger partial charge on any atom is 0.228 e. The molecule has 1 aromatic carbocycles. The lowest BCUT2D eigenvalue weighted by molar-refractivity contribution is -0.137. The highest BCUT2D eigenvalue weighted by Gasteiger charge is 2.38. The van der Waals surface area contributed by atoms with Gasteiger partial charge in [-0.05, 0) is 32.4 Å². The third-order valence-corrected chi connectivity index (χ3v) is 5.54. The van der Waals surface area contributed by atoms with Gasteiger partial charge in [0.2, 0.25) is 11.8 Å². The van der Waals surface area contributed by atoms with Crippen LogP contribution in [-0.2, 0) is 9.59 Å². The van der Waals surface area contributed by atoms with E-state index in [1.807, 2.05) is 11.9 Å². The molecule has 2 saturated heterocycles. The molecule has 2 fully saturated rings. The molecule has 1 atom stereocenters. The second-order valence-electron chi connectivity index (χ2n) is 7.30. The lowest BCUT2D eigenvalue weighted by Gasteiger charge is -2.33. The van der Waals surface area contributed by atoms with Crippen LogP contribution in [0.3, 0.4) is 0 Å². The van der Waals surface area contributed by atoms with E-state index in [9.17, 15) is 9.59 Å². The summed E-state index contributed by atoms with van der Waals surface area (Å²) in [5.74, 6) is 1.66. The van der Waals surface area contributed by atoms with E-state index in [0.717, 1.165) is 32.5 Å². The van der Waals surface area contributed by atoms with Crippen molar-refractivity contribution in [3.05, 3.63) is 18.2 Å². The number of amides is 2. The van der Waals surface area contributed by atoms with E-state index in [1.54, 1.807) is 37.3 Å². The summed E-state index contributed by atoms with van der Waals surface area (Å²) in [5, 5.41) is 3.21. The third-order valence-electron chi connectivity index (χ3n) is 5.54. The Labute approximate surface area is 172 Å². The molecule has 8 heteroatoms. The Kier molecular flexibility index (Phi) is 7.95. The summed E-state index contributed by atoms with van der Waals surface area (Å²) in [6.45, 7) is 2.96. The molecular weight excluding hydrogens is 382 g/mol. The molecule has 2 amide bonds. The van der Waals surface area contributed by atoms with E-state index in [-0.39, 0.29) is 36.6 Å².